The first kappa shape index (κ1) is 16.8. The molecule has 0 aliphatic carbocycles. The highest BCUT2D eigenvalue weighted by molar-refractivity contribution is 6.01. The van der Waals surface area contributed by atoms with E-state index in [1.807, 2.05) is 13.8 Å². The minimum absolute atomic E-state index is 0.143. The summed E-state index contributed by atoms with van der Waals surface area (Å²) >= 11 is 0. The van der Waals surface area contributed by atoms with Crippen molar-refractivity contribution in [2.45, 2.75) is 26.7 Å². The summed E-state index contributed by atoms with van der Waals surface area (Å²) in [5.41, 5.74) is -0.00324. The van der Waals surface area contributed by atoms with E-state index < -0.39 is 5.97 Å². The molecule has 0 aromatic heterocycles. The van der Waals surface area contributed by atoms with E-state index in [9.17, 15) is 14.7 Å². The molecule has 0 aliphatic heterocycles. The molecule has 1 N–H and O–H groups in total. The normalized spacial score (nSPS) is 10.3. The molecule has 0 aliphatic rings. The maximum atomic E-state index is 12.1. The molecular weight excluding hydrogens is 274 g/mol. The SMILES string of the molecule is CCC(CC)C(=O)Nc1cc(OC)c(OC)cc1C(=O)[O-]. The molecule has 0 spiro atoms. The summed E-state index contributed by atoms with van der Waals surface area (Å²) in [4.78, 5) is 23.3. The largest absolute Gasteiger partial charge is 0.545 e. The molecule has 0 bridgehead atoms. The number of aromatic carboxylic acids is 1. The van der Waals surface area contributed by atoms with Gasteiger partial charge in [-0.25, -0.2) is 0 Å². The maximum Gasteiger partial charge on any atom is 0.227 e. The Balaban J connectivity index is 3.21. The molecule has 6 nitrogen and oxygen atoms in total. The average Bonchev–Trinajstić information content (AvgIpc) is 2.47. The molecule has 6 heteroatoms. The lowest BCUT2D eigenvalue weighted by Gasteiger charge is -2.18. The molecule has 0 unspecified atom stereocenters. The van der Waals surface area contributed by atoms with Crippen LogP contribution in [0.2, 0.25) is 0 Å². The van der Waals surface area contributed by atoms with Crippen molar-refractivity contribution in [2.75, 3.05) is 19.5 Å². The Morgan fingerprint density at radius 1 is 1.14 bits per heavy atom. The minimum Gasteiger partial charge on any atom is -0.545 e. The van der Waals surface area contributed by atoms with Gasteiger partial charge in [0.2, 0.25) is 5.91 Å². The number of ether oxygens (including phenoxy) is 2. The number of anilines is 1. The van der Waals surface area contributed by atoms with E-state index in [2.05, 4.69) is 5.32 Å². The number of carbonyl (C=O) groups is 2. The van der Waals surface area contributed by atoms with Crippen LogP contribution in [-0.2, 0) is 4.79 Å². The highest BCUT2D eigenvalue weighted by Gasteiger charge is 2.18. The Hall–Kier alpha value is -2.24. The first-order chi connectivity index (χ1) is 9.98. The maximum absolute atomic E-state index is 12.1. The van der Waals surface area contributed by atoms with Crippen LogP contribution in [0.25, 0.3) is 0 Å². The summed E-state index contributed by atoms with van der Waals surface area (Å²) in [6.45, 7) is 3.81. The number of carbonyl (C=O) groups excluding carboxylic acids is 2. The molecule has 0 saturated carbocycles. The number of hydrogen-bond donors (Lipinski definition) is 1. The fourth-order valence-corrected chi connectivity index (χ4v) is 2.05. The van der Waals surface area contributed by atoms with Crippen LogP contribution in [-0.4, -0.2) is 26.1 Å². The van der Waals surface area contributed by atoms with Crippen LogP contribution < -0.4 is 19.9 Å². The zero-order chi connectivity index (χ0) is 16.0. The number of benzene rings is 1. The Bertz CT molecular complexity index is 523. The summed E-state index contributed by atoms with van der Waals surface area (Å²) < 4.78 is 10.2. The van der Waals surface area contributed by atoms with Crippen molar-refractivity contribution in [1.82, 2.24) is 0 Å². The third kappa shape index (κ3) is 3.87. The van der Waals surface area contributed by atoms with Gasteiger partial charge < -0.3 is 24.7 Å². The molecule has 0 saturated heterocycles. The summed E-state index contributed by atoms with van der Waals surface area (Å²) in [6.07, 6.45) is 1.35. The molecule has 0 radical (unpaired) electrons. The van der Waals surface area contributed by atoms with Crippen LogP contribution >= 0.6 is 0 Å². The Kier molecular flexibility index (Phi) is 6.02. The van der Waals surface area contributed by atoms with Crippen LogP contribution in [0, 0.1) is 5.92 Å². The van der Waals surface area contributed by atoms with Gasteiger partial charge in [0.25, 0.3) is 0 Å². The number of amides is 1. The Morgan fingerprint density at radius 2 is 1.67 bits per heavy atom. The van der Waals surface area contributed by atoms with Gasteiger partial charge in [-0.05, 0) is 18.9 Å². The minimum atomic E-state index is -1.39. The van der Waals surface area contributed by atoms with Gasteiger partial charge in [0.1, 0.15) is 0 Å². The zero-order valence-electron chi connectivity index (χ0n) is 12.7. The summed E-state index contributed by atoms with van der Waals surface area (Å²) in [5, 5.41) is 13.8. The van der Waals surface area contributed by atoms with E-state index in [1.54, 1.807) is 0 Å². The van der Waals surface area contributed by atoms with Crippen LogP contribution in [0.5, 0.6) is 11.5 Å². The van der Waals surface area contributed by atoms with Gasteiger partial charge in [0, 0.05) is 17.5 Å². The zero-order valence-corrected chi connectivity index (χ0v) is 12.7. The van der Waals surface area contributed by atoms with Gasteiger partial charge >= 0.3 is 0 Å². The van der Waals surface area contributed by atoms with E-state index in [-0.39, 0.29) is 28.8 Å². The van der Waals surface area contributed by atoms with E-state index in [0.717, 1.165) is 0 Å². The molecule has 1 aromatic rings. The van der Waals surface area contributed by atoms with Crippen molar-refractivity contribution in [3.8, 4) is 11.5 Å². The number of hydrogen-bond acceptors (Lipinski definition) is 5. The third-order valence-electron chi connectivity index (χ3n) is 3.36. The first-order valence-corrected chi connectivity index (χ1v) is 6.76. The number of carboxylic acids is 1. The topological polar surface area (TPSA) is 87.7 Å². The second-order valence-corrected chi connectivity index (χ2v) is 4.54. The fourth-order valence-electron chi connectivity index (χ4n) is 2.05. The van der Waals surface area contributed by atoms with Gasteiger partial charge in [-0.2, -0.15) is 0 Å². The summed E-state index contributed by atoms with van der Waals surface area (Å²) in [5.74, 6) is -1.20. The van der Waals surface area contributed by atoms with Crippen LogP contribution in [0.1, 0.15) is 37.0 Å². The monoisotopic (exact) mass is 294 g/mol. The predicted octanol–water partition coefficient (Wildman–Crippen LogP) is 1.44. The predicted molar refractivity (Wildman–Crippen MR) is 76.6 cm³/mol. The van der Waals surface area contributed by atoms with E-state index in [0.29, 0.717) is 18.6 Å². The van der Waals surface area contributed by atoms with E-state index >= 15 is 0 Å². The summed E-state index contributed by atoms with van der Waals surface area (Å²) in [6, 6.07) is 2.70. The molecule has 1 amide bonds. The van der Waals surface area contributed by atoms with Gasteiger partial charge in [0.05, 0.1) is 25.9 Å². The van der Waals surface area contributed by atoms with Crippen LogP contribution in [0.3, 0.4) is 0 Å². The van der Waals surface area contributed by atoms with Crippen molar-refractivity contribution in [3.63, 3.8) is 0 Å². The van der Waals surface area contributed by atoms with Gasteiger partial charge in [-0.3, -0.25) is 4.79 Å². The molecule has 116 valence electrons. The lowest BCUT2D eigenvalue weighted by molar-refractivity contribution is -0.254. The van der Waals surface area contributed by atoms with Crippen molar-refractivity contribution < 1.29 is 24.2 Å². The van der Waals surface area contributed by atoms with Crippen molar-refractivity contribution in [3.05, 3.63) is 17.7 Å². The van der Waals surface area contributed by atoms with Gasteiger partial charge in [0.15, 0.2) is 11.5 Å². The number of methoxy groups -OCH3 is 2. The van der Waals surface area contributed by atoms with Crippen LogP contribution in [0.15, 0.2) is 12.1 Å². The van der Waals surface area contributed by atoms with Gasteiger partial charge in [-0.15, -0.1) is 0 Å². The Morgan fingerprint density at radius 3 is 2.10 bits per heavy atom. The van der Waals surface area contributed by atoms with Crippen molar-refractivity contribution >= 4 is 17.6 Å². The smallest absolute Gasteiger partial charge is 0.227 e. The first-order valence-electron chi connectivity index (χ1n) is 6.76. The molecule has 0 fully saturated rings. The Labute approximate surface area is 124 Å². The van der Waals surface area contributed by atoms with Crippen molar-refractivity contribution in [1.29, 1.82) is 0 Å². The lowest BCUT2D eigenvalue weighted by atomic mass is 10.0. The second kappa shape index (κ2) is 7.52. The molecule has 0 heterocycles. The molecular formula is C15H20NO5-. The van der Waals surface area contributed by atoms with Crippen molar-refractivity contribution in [2.24, 2.45) is 5.92 Å². The van der Waals surface area contributed by atoms with Crippen LogP contribution in [0.4, 0.5) is 5.69 Å². The quantitative estimate of drug-likeness (QED) is 0.822. The van der Waals surface area contributed by atoms with Gasteiger partial charge in [-0.1, -0.05) is 13.8 Å². The highest BCUT2D eigenvalue weighted by Crippen LogP contribution is 2.33. The lowest BCUT2D eigenvalue weighted by Crippen LogP contribution is -2.27. The van der Waals surface area contributed by atoms with E-state index in [1.165, 1.54) is 26.4 Å². The highest BCUT2D eigenvalue weighted by atomic mass is 16.5. The number of carboxylic acid groups (broad SMARTS) is 1. The number of nitrogens with one attached hydrogen (secondary N) is 1. The molecule has 1 aromatic carbocycles. The number of rotatable bonds is 7. The third-order valence-corrected chi connectivity index (χ3v) is 3.36. The average molecular weight is 294 g/mol. The summed E-state index contributed by atoms with van der Waals surface area (Å²) in [7, 11) is 2.84. The molecule has 21 heavy (non-hydrogen) atoms. The molecule has 1 rings (SSSR count). The second-order valence-electron chi connectivity index (χ2n) is 4.54. The standard InChI is InChI=1S/C15H21NO5/c1-5-9(6-2)14(17)16-11-8-13(21-4)12(20-3)7-10(11)15(18)19/h7-9H,5-6H2,1-4H3,(H,16,17)(H,18,19)/p-1. The van der Waals surface area contributed by atoms with E-state index in [4.69, 9.17) is 9.47 Å². The molecule has 0 atom stereocenters. The fraction of sp³-hybridized carbons (Fsp3) is 0.467.